The SMILES string of the molecule is CCC(=O)c1ccccc1OC(C(F)(F)F)C(F)(F)F. The lowest BCUT2D eigenvalue weighted by molar-refractivity contribution is -0.299. The summed E-state index contributed by atoms with van der Waals surface area (Å²) in [5, 5.41) is 0. The number of carbonyl (C=O) groups is 1. The number of rotatable bonds is 4. The minimum absolute atomic E-state index is 0.0664. The zero-order chi connectivity index (χ0) is 15.6. The smallest absolute Gasteiger partial charge is 0.434 e. The van der Waals surface area contributed by atoms with Gasteiger partial charge in [0.05, 0.1) is 5.56 Å². The van der Waals surface area contributed by atoms with Gasteiger partial charge in [0.1, 0.15) is 5.75 Å². The minimum Gasteiger partial charge on any atom is -0.471 e. The lowest BCUT2D eigenvalue weighted by Gasteiger charge is -2.24. The molecular formula is C12H10F6O2. The van der Waals surface area contributed by atoms with Gasteiger partial charge in [0.2, 0.25) is 0 Å². The Hall–Kier alpha value is -1.73. The normalized spacial score (nSPS) is 12.6. The fourth-order valence-electron chi connectivity index (χ4n) is 1.44. The average molecular weight is 300 g/mol. The predicted molar refractivity (Wildman–Crippen MR) is 57.6 cm³/mol. The van der Waals surface area contributed by atoms with Gasteiger partial charge in [-0.25, -0.2) is 0 Å². The fraction of sp³-hybridized carbons (Fsp3) is 0.417. The van der Waals surface area contributed by atoms with E-state index >= 15 is 0 Å². The molecular weight excluding hydrogens is 290 g/mol. The molecule has 0 radical (unpaired) electrons. The summed E-state index contributed by atoms with van der Waals surface area (Å²) in [6, 6.07) is 4.52. The van der Waals surface area contributed by atoms with Crippen molar-refractivity contribution in [2.75, 3.05) is 0 Å². The van der Waals surface area contributed by atoms with Gasteiger partial charge >= 0.3 is 12.4 Å². The van der Waals surface area contributed by atoms with Crippen molar-refractivity contribution in [1.29, 1.82) is 0 Å². The van der Waals surface area contributed by atoms with E-state index in [0.717, 1.165) is 12.1 Å². The van der Waals surface area contributed by atoms with Crippen molar-refractivity contribution in [3.63, 3.8) is 0 Å². The molecule has 0 saturated heterocycles. The zero-order valence-corrected chi connectivity index (χ0v) is 10.2. The standard InChI is InChI=1S/C12H10F6O2/c1-2-8(19)7-5-3-4-6-9(7)20-10(11(13,14)15)12(16,17)18/h3-6,10H,2H2,1H3. The van der Waals surface area contributed by atoms with E-state index in [0.29, 0.717) is 0 Å². The molecule has 8 heteroatoms. The van der Waals surface area contributed by atoms with E-state index in [9.17, 15) is 31.1 Å². The molecule has 0 atom stereocenters. The first-order chi connectivity index (χ1) is 9.07. The number of ketones is 1. The van der Waals surface area contributed by atoms with Crippen LogP contribution >= 0.6 is 0 Å². The van der Waals surface area contributed by atoms with Crippen LogP contribution in [0.4, 0.5) is 26.3 Å². The Morgan fingerprint density at radius 2 is 1.60 bits per heavy atom. The highest BCUT2D eigenvalue weighted by molar-refractivity contribution is 5.98. The van der Waals surface area contributed by atoms with Gasteiger partial charge in [0.15, 0.2) is 5.78 Å². The Labute approximate surface area is 110 Å². The molecule has 0 amide bonds. The number of halogens is 6. The number of ether oxygens (including phenoxy) is 1. The van der Waals surface area contributed by atoms with Crippen molar-refractivity contribution in [2.24, 2.45) is 0 Å². The van der Waals surface area contributed by atoms with Crippen LogP contribution in [0.2, 0.25) is 0 Å². The lowest BCUT2D eigenvalue weighted by atomic mass is 10.1. The van der Waals surface area contributed by atoms with E-state index in [1.807, 2.05) is 0 Å². The van der Waals surface area contributed by atoms with Crippen molar-refractivity contribution >= 4 is 5.78 Å². The van der Waals surface area contributed by atoms with Gasteiger partial charge < -0.3 is 4.74 Å². The molecule has 1 aromatic carbocycles. The molecule has 0 saturated carbocycles. The molecule has 112 valence electrons. The molecule has 0 aromatic heterocycles. The average Bonchev–Trinajstić information content (AvgIpc) is 2.32. The van der Waals surface area contributed by atoms with Crippen LogP contribution in [0.15, 0.2) is 24.3 Å². The Morgan fingerprint density at radius 1 is 1.10 bits per heavy atom. The number of hydrogen-bond acceptors (Lipinski definition) is 2. The van der Waals surface area contributed by atoms with Crippen LogP contribution in [0.1, 0.15) is 23.7 Å². The molecule has 0 heterocycles. The van der Waals surface area contributed by atoms with E-state index in [1.165, 1.54) is 19.1 Å². The second-order valence-corrected chi connectivity index (χ2v) is 3.85. The summed E-state index contributed by atoms with van der Waals surface area (Å²) in [6.07, 6.45) is -15.3. The van der Waals surface area contributed by atoms with Crippen molar-refractivity contribution in [3.8, 4) is 5.75 Å². The quantitative estimate of drug-likeness (QED) is 0.617. The molecule has 2 nitrogen and oxygen atoms in total. The van der Waals surface area contributed by atoms with Crippen molar-refractivity contribution in [3.05, 3.63) is 29.8 Å². The van der Waals surface area contributed by atoms with Gasteiger partial charge in [-0.15, -0.1) is 0 Å². The highest BCUT2D eigenvalue weighted by atomic mass is 19.4. The Bertz CT molecular complexity index is 464. The molecule has 0 spiro atoms. The highest BCUT2D eigenvalue weighted by Gasteiger charge is 2.59. The maximum Gasteiger partial charge on any atom is 0.434 e. The zero-order valence-electron chi connectivity index (χ0n) is 10.2. The van der Waals surface area contributed by atoms with Gasteiger partial charge in [0.25, 0.3) is 6.10 Å². The molecule has 0 bridgehead atoms. The molecule has 0 fully saturated rings. The molecule has 1 aromatic rings. The van der Waals surface area contributed by atoms with E-state index in [1.54, 1.807) is 0 Å². The van der Waals surface area contributed by atoms with Crippen molar-refractivity contribution in [2.45, 2.75) is 31.8 Å². The van der Waals surface area contributed by atoms with Gasteiger partial charge in [-0.05, 0) is 12.1 Å². The molecule has 0 aliphatic rings. The first kappa shape index (κ1) is 16.3. The molecule has 0 N–H and O–H groups in total. The third-order valence-corrected chi connectivity index (χ3v) is 2.35. The predicted octanol–water partition coefficient (Wildman–Crippen LogP) is 4.15. The Morgan fingerprint density at radius 3 is 2.05 bits per heavy atom. The highest BCUT2D eigenvalue weighted by Crippen LogP contribution is 2.37. The van der Waals surface area contributed by atoms with E-state index < -0.39 is 30.0 Å². The molecule has 0 aliphatic carbocycles. The Kier molecular flexibility index (Phi) is 4.67. The third-order valence-electron chi connectivity index (χ3n) is 2.35. The third kappa shape index (κ3) is 3.88. The summed E-state index contributed by atoms with van der Waals surface area (Å²) in [7, 11) is 0. The molecule has 20 heavy (non-hydrogen) atoms. The first-order valence-electron chi connectivity index (χ1n) is 5.49. The van der Waals surface area contributed by atoms with Gasteiger partial charge in [-0.3, -0.25) is 4.79 Å². The fourth-order valence-corrected chi connectivity index (χ4v) is 1.44. The number of Topliss-reactive ketones (excluding diaryl/α,β-unsaturated/α-hetero) is 1. The number of carbonyl (C=O) groups excluding carboxylic acids is 1. The maximum atomic E-state index is 12.4. The first-order valence-corrected chi connectivity index (χ1v) is 5.49. The summed E-state index contributed by atoms with van der Waals surface area (Å²) in [5.41, 5.74) is -0.312. The summed E-state index contributed by atoms with van der Waals surface area (Å²) in [5.74, 6) is -1.34. The molecule has 1 rings (SSSR count). The number of alkyl halides is 6. The monoisotopic (exact) mass is 300 g/mol. The van der Waals surface area contributed by atoms with Crippen LogP contribution < -0.4 is 4.74 Å². The van der Waals surface area contributed by atoms with Crippen molar-refractivity contribution in [1.82, 2.24) is 0 Å². The van der Waals surface area contributed by atoms with E-state index in [4.69, 9.17) is 0 Å². The number of para-hydroxylation sites is 1. The summed E-state index contributed by atoms with van der Waals surface area (Å²) in [4.78, 5) is 11.5. The summed E-state index contributed by atoms with van der Waals surface area (Å²) in [6.45, 7) is 1.43. The van der Waals surface area contributed by atoms with Crippen LogP contribution in [0.25, 0.3) is 0 Å². The van der Waals surface area contributed by atoms with Crippen LogP contribution in [0.5, 0.6) is 5.75 Å². The van der Waals surface area contributed by atoms with E-state index in [2.05, 4.69) is 4.74 Å². The van der Waals surface area contributed by atoms with Crippen LogP contribution in [-0.4, -0.2) is 24.2 Å². The van der Waals surface area contributed by atoms with Gasteiger partial charge in [0, 0.05) is 6.42 Å². The topological polar surface area (TPSA) is 26.3 Å². The maximum absolute atomic E-state index is 12.4. The van der Waals surface area contributed by atoms with Crippen LogP contribution in [0.3, 0.4) is 0 Å². The van der Waals surface area contributed by atoms with E-state index in [-0.39, 0.29) is 12.0 Å². The van der Waals surface area contributed by atoms with Crippen LogP contribution in [0, 0.1) is 0 Å². The summed E-state index contributed by atoms with van der Waals surface area (Å²) < 4.78 is 78.3. The molecule has 0 unspecified atom stereocenters. The summed E-state index contributed by atoms with van der Waals surface area (Å²) >= 11 is 0. The van der Waals surface area contributed by atoms with Crippen molar-refractivity contribution < 1.29 is 35.9 Å². The number of hydrogen-bond donors (Lipinski definition) is 0. The second-order valence-electron chi connectivity index (χ2n) is 3.85. The second kappa shape index (κ2) is 5.72. The minimum atomic E-state index is -5.62. The van der Waals surface area contributed by atoms with Gasteiger partial charge in [-0.1, -0.05) is 19.1 Å². The van der Waals surface area contributed by atoms with Crippen LogP contribution in [-0.2, 0) is 0 Å². The largest absolute Gasteiger partial charge is 0.471 e. The van der Waals surface area contributed by atoms with Gasteiger partial charge in [-0.2, -0.15) is 26.3 Å². The Balaban J connectivity index is 3.16. The number of benzene rings is 1. The lowest BCUT2D eigenvalue weighted by Crippen LogP contribution is -2.46. The molecule has 0 aliphatic heterocycles.